The van der Waals surface area contributed by atoms with E-state index in [0.29, 0.717) is 18.0 Å². The minimum absolute atomic E-state index is 0.217. The molecule has 1 aliphatic heterocycles. The van der Waals surface area contributed by atoms with Crippen LogP contribution in [-0.4, -0.2) is 11.9 Å². The standard InChI is InChI=1S/C13H12BrNO3S/c14-9-2-10(19-6-9)5-15-4-8-1-12-13(3-11(8)16)18-7-17-12/h1-3,6,15-16H,4-5,7H2. The Labute approximate surface area is 123 Å². The summed E-state index contributed by atoms with van der Waals surface area (Å²) in [6.07, 6.45) is 0. The lowest BCUT2D eigenvalue weighted by Gasteiger charge is -2.07. The highest BCUT2D eigenvalue weighted by Gasteiger charge is 2.16. The van der Waals surface area contributed by atoms with Crippen LogP contribution in [0.25, 0.3) is 0 Å². The molecule has 0 saturated heterocycles. The van der Waals surface area contributed by atoms with Gasteiger partial charge in [-0.3, -0.25) is 0 Å². The first kappa shape index (κ1) is 12.8. The molecule has 0 saturated carbocycles. The Balaban J connectivity index is 1.64. The molecule has 0 atom stereocenters. The quantitative estimate of drug-likeness (QED) is 0.896. The Morgan fingerprint density at radius 3 is 2.74 bits per heavy atom. The van der Waals surface area contributed by atoms with Gasteiger partial charge in [-0.05, 0) is 28.1 Å². The van der Waals surface area contributed by atoms with E-state index in [9.17, 15) is 5.11 Å². The van der Waals surface area contributed by atoms with E-state index in [4.69, 9.17) is 9.47 Å². The number of halogens is 1. The first-order chi connectivity index (χ1) is 9.22. The van der Waals surface area contributed by atoms with Crippen LogP contribution in [0, 0.1) is 0 Å². The Kier molecular flexibility index (Phi) is 3.63. The van der Waals surface area contributed by atoms with Crippen molar-refractivity contribution in [2.45, 2.75) is 13.1 Å². The number of ether oxygens (including phenoxy) is 2. The van der Waals surface area contributed by atoms with E-state index in [1.165, 1.54) is 4.88 Å². The van der Waals surface area contributed by atoms with Gasteiger partial charge in [0.05, 0.1) is 0 Å². The van der Waals surface area contributed by atoms with E-state index >= 15 is 0 Å². The molecule has 0 radical (unpaired) electrons. The summed E-state index contributed by atoms with van der Waals surface area (Å²) in [5.41, 5.74) is 0.805. The van der Waals surface area contributed by atoms with Crippen LogP contribution >= 0.6 is 27.3 Å². The lowest BCUT2D eigenvalue weighted by Crippen LogP contribution is -2.11. The molecule has 0 fully saturated rings. The average Bonchev–Trinajstić information content (AvgIpc) is 2.98. The van der Waals surface area contributed by atoms with E-state index in [-0.39, 0.29) is 12.5 Å². The second kappa shape index (κ2) is 5.40. The van der Waals surface area contributed by atoms with Crippen molar-refractivity contribution in [3.63, 3.8) is 0 Å². The first-order valence-electron chi connectivity index (χ1n) is 5.77. The maximum atomic E-state index is 9.90. The summed E-state index contributed by atoms with van der Waals surface area (Å²) >= 11 is 5.12. The van der Waals surface area contributed by atoms with Gasteiger partial charge in [0.15, 0.2) is 11.5 Å². The fraction of sp³-hybridized carbons (Fsp3) is 0.231. The zero-order valence-corrected chi connectivity index (χ0v) is 12.4. The maximum Gasteiger partial charge on any atom is 0.231 e. The molecular formula is C13H12BrNO3S. The van der Waals surface area contributed by atoms with Crippen molar-refractivity contribution in [2.75, 3.05) is 6.79 Å². The van der Waals surface area contributed by atoms with Crippen LogP contribution < -0.4 is 14.8 Å². The number of rotatable bonds is 4. The number of hydrogen-bond acceptors (Lipinski definition) is 5. The summed E-state index contributed by atoms with van der Waals surface area (Å²) < 4.78 is 11.6. The third kappa shape index (κ3) is 2.86. The van der Waals surface area contributed by atoms with Crippen LogP contribution in [0.3, 0.4) is 0 Å². The number of aromatic hydroxyl groups is 1. The van der Waals surface area contributed by atoms with Crippen molar-refractivity contribution in [1.82, 2.24) is 5.32 Å². The van der Waals surface area contributed by atoms with Crippen molar-refractivity contribution in [3.05, 3.63) is 38.5 Å². The first-order valence-corrected chi connectivity index (χ1v) is 7.45. The van der Waals surface area contributed by atoms with Crippen molar-refractivity contribution >= 4 is 27.3 Å². The SMILES string of the molecule is Oc1cc2c(cc1CNCc1cc(Br)cs1)OCO2. The third-order valence-electron chi connectivity index (χ3n) is 2.81. The molecule has 0 bridgehead atoms. The van der Waals surface area contributed by atoms with Crippen molar-refractivity contribution in [1.29, 1.82) is 0 Å². The summed E-state index contributed by atoms with van der Waals surface area (Å²) in [5, 5.41) is 15.2. The Bertz CT molecular complexity index is 600. The summed E-state index contributed by atoms with van der Waals surface area (Å²) in [7, 11) is 0. The minimum Gasteiger partial charge on any atom is -0.507 e. The topological polar surface area (TPSA) is 50.7 Å². The van der Waals surface area contributed by atoms with E-state index in [1.54, 1.807) is 17.4 Å². The monoisotopic (exact) mass is 341 g/mol. The Hall–Kier alpha value is -1.24. The van der Waals surface area contributed by atoms with Gasteiger partial charge in [0.25, 0.3) is 0 Å². The zero-order valence-electron chi connectivity index (χ0n) is 9.98. The van der Waals surface area contributed by atoms with E-state index in [0.717, 1.165) is 16.6 Å². The highest BCUT2D eigenvalue weighted by atomic mass is 79.9. The van der Waals surface area contributed by atoms with Crippen LogP contribution in [-0.2, 0) is 13.1 Å². The molecular weight excluding hydrogens is 330 g/mol. The number of phenolic OH excluding ortho intramolecular Hbond substituents is 1. The molecule has 100 valence electrons. The second-order valence-corrected chi connectivity index (χ2v) is 6.08. The molecule has 6 heteroatoms. The van der Waals surface area contributed by atoms with Crippen LogP contribution in [0.4, 0.5) is 0 Å². The van der Waals surface area contributed by atoms with E-state index in [1.807, 2.05) is 6.07 Å². The molecule has 2 N–H and O–H groups in total. The second-order valence-electron chi connectivity index (χ2n) is 4.17. The van der Waals surface area contributed by atoms with Gasteiger partial charge in [-0.25, -0.2) is 0 Å². The van der Waals surface area contributed by atoms with Gasteiger partial charge in [-0.2, -0.15) is 0 Å². The Morgan fingerprint density at radius 2 is 2.00 bits per heavy atom. The van der Waals surface area contributed by atoms with Gasteiger partial charge in [0.2, 0.25) is 6.79 Å². The summed E-state index contributed by atoms with van der Waals surface area (Å²) in [6, 6.07) is 5.49. The van der Waals surface area contributed by atoms with Crippen molar-refractivity contribution in [3.8, 4) is 17.2 Å². The lowest BCUT2D eigenvalue weighted by atomic mass is 10.1. The molecule has 2 heterocycles. The molecule has 1 aromatic carbocycles. The van der Waals surface area contributed by atoms with Gasteiger partial charge in [0.1, 0.15) is 5.75 Å². The normalized spacial score (nSPS) is 12.9. The highest BCUT2D eigenvalue weighted by molar-refractivity contribution is 9.10. The molecule has 0 amide bonds. The number of fused-ring (bicyclic) bond motifs is 1. The minimum atomic E-state index is 0.217. The van der Waals surface area contributed by atoms with Crippen molar-refractivity contribution in [2.24, 2.45) is 0 Å². The van der Waals surface area contributed by atoms with Crippen LogP contribution in [0.15, 0.2) is 28.1 Å². The summed E-state index contributed by atoms with van der Waals surface area (Å²) in [6.45, 7) is 1.57. The molecule has 4 nitrogen and oxygen atoms in total. The Morgan fingerprint density at radius 1 is 1.21 bits per heavy atom. The van der Waals surface area contributed by atoms with Crippen LogP contribution in [0.2, 0.25) is 0 Å². The molecule has 2 aromatic rings. The predicted octanol–water partition coefficient (Wildman–Crippen LogP) is 3.23. The van der Waals surface area contributed by atoms with Crippen LogP contribution in [0.1, 0.15) is 10.4 Å². The number of hydrogen-bond donors (Lipinski definition) is 2. The van der Waals surface area contributed by atoms with Gasteiger partial charge in [-0.1, -0.05) is 0 Å². The fourth-order valence-electron chi connectivity index (χ4n) is 1.88. The number of nitrogens with one attached hydrogen (secondary N) is 1. The highest BCUT2D eigenvalue weighted by Crippen LogP contribution is 2.37. The van der Waals surface area contributed by atoms with Gasteiger partial charge < -0.3 is 19.9 Å². The predicted molar refractivity (Wildman–Crippen MR) is 76.8 cm³/mol. The van der Waals surface area contributed by atoms with E-state index < -0.39 is 0 Å². The number of phenols is 1. The van der Waals surface area contributed by atoms with Gasteiger partial charge in [-0.15, -0.1) is 11.3 Å². The maximum absolute atomic E-state index is 9.90. The number of benzene rings is 1. The molecule has 1 aliphatic rings. The smallest absolute Gasteiger partial charge is 0.231 e. The molecule has 19 heavy (non-hydrogen) atoms. The lowest BCUT2D eigenvalue weighted by molar-refractivity contribution is 0.174. The van der Waals surface area contributed by atoms with Gasteiger partial charge in [0, 0.05) is 39.4 Å². The van der Waals surface area contributed by atoms with Crippen molar-refractivity contribution < 1.29 is 14.6 Å². The summed E-state index contributed by atoms with van der Waals surface area (Å²) in [4.78, 5) is 1.24. The average molecular weight is 342 g/mol. The molecule has 3 rings (SSSR count). The number of thiophene rings is 1. The molecule has 0 spiro atoms. The molecule has 1 aromatic heterocycles. The fourth-order valence-corrected chi connectivity index (χ4v) is 3.30. The van der Waals surface area contributed by atoms with E-state index in [2.05, 4.69) is 32.7 Å². The molecule has 0 aliphatic carbocycles. The molecule has 0 unspecified atom stereocenters. The van der Waals surface area contributed by atoms with Gasteiger partial charge >= 0.3 is 0 Å². The van der Waals surface area contributed by atoms with Crippen LogP contribution in [0.5, 0.6) is 17.2 Å². The zero-order chi connectivity index (χ0) is 13.2. The largest absolute Gasteiger partial charge is 0.507 e. The summed E-state index contributed by atoms with van der Waals surface area (Å²) in [5.74, 6) is 1.51. The third-order valence-corrected chi connectivity index (χ3v) is 4.51.